The Morgan fingerprint density at radius 2 is 1.84 bits per heavy atom. The van der Waals surface area contributed by atoms with Crippen molar-refractivity contribution >= 4 is 11.9 Å². The number of likely N-dealkylation sites (N-methyl/N-ethyl adjacent to an activating group) is 1. The minimum Gasteiger partial charge on any atom is -0.481 e. The number of carboxylic acids is 1. The molecule has 0 fully saturated rings. The Morgan fingerprint density at radius 1 is 1.32 bits per heavy atom. The van der Waals surface area contributed by atoms with Crippen molar-refractivity contribution in [2.45, 2.75) is 13.3 Å². The van der Waals surface area contributed by atoms with Crippen molar-refractivity contribution in [1.82, 2.24) is 4.90 Å². The van der Waals surface area contributed by atoms with Gasteiger partial charge in [-0.3, -0.25) is 9.59 Å². The topological polar surface area (TPSA) is 57.6 Å². The average molecular weight is 271 g/mol. The van der Waals surface area contributed by atoms with E-state index in [2.05, 4.69) is 0 Å². The summed E-state index contributed by atoms with van der Waals surface area (Å²) in [6, 6.07) is 3.37. The average Bonchev–Trinajstić information content (AvgIpc) is 2.33. The fourth-order valence-electron chi connectivity index (χ4n) is 1.58. The number of carbonyl (C=O) groups is 2. The standard InChI is InChI=1S/C13H15F2NO3/c1-8(13(18)19)7-16(2)12(17)6-9-10(14)4-3-5-11(9)15/h3-5,8H,6-7H2,1-2H3,(H,18,19). The van der Waals surface area contributed by atoms with Gasteiger partial charge in [0.2, 0.25) is 5.91 Å². The molecule has 0 aromatic heterocycles. The number of aliphatic carboxylic acids is 1. The smallest absolute Gasteiger partial charge is 0.308 e. The van der Waals surface area contributed by atoms with Crippen molar-refractivity contribution in [3.05, 3.63) is 35.4 Å². The molecular weight excluding hydrogens is 256 g/mol. The third kappa shape index (κ3) is 4.01. The molecule has 0 aliphatic carbocycles. The van der Waals surface area contributed by atoms with Gasteiger partial charge < -0.3 is 10.0 Å². The Hall–Kier alpha value is -1.98. The molecule has 1 atom stereocenters. The molecule has 1 aromatic rings. The Morgan fingerprint density at radius 3 is 2.32 bits per heavy atom. The molecule has 0 spiro atoms. The fraction of sp³-hybridized carbons (Fsp3) is 0.385. The van der Waals surface area contributed by atoms with Gasteiger partial charge in [0.25, 0.3) is 0 Å². The Balaban J connectivity index is 2.72. The molecule has 19 heavy (non-hydrogen) atoms. The van der Waals surface area contributed by atoms with Crippen LogP contribution in [0.25, 0.3) is 0 Å². The van der Waals surface area contributed by atoms with Gasteiger partial charge in [0.1, 0.15) is 11.6 Å². The van der Waals surface area contributed by atoms with Crippen LogP contribution in [0.3, 0.4) is 0 Å². The van der Waals surface area contributed by atoms with Gasteiger partial charge in [-0.25, -0.2) is 8.78 Å². The van der Waals surface area contributed by atoms with Crippen molar-refractivity contribution in [1.29, 1.82) is 0 Å². The van der Waals surface area contributed by atoms with Crippen molar-refractivity contribution < 1.29 is 23.5 Å². The Kier molecular flexibility index (Phi) is 4.97. The molecule has 1 rings (SSSR count). The number of rotatable bonds is 5. The van der Waals surface area contributed by atoms with Crippen LogP contribution in [0.2, 0.25) is 0 Å². The number of hydrogen-bond donors (Lipinski definition) is 1. The second-order valence-electron chi connectivity index (χ2n) is 4.39. The highest BCUT2D eigenvalue weighted by Crippen LogP contribution is 2.13. The molecule has 0 heterocycles. The first-order valence-electron chi connectivity index (χ1n) is 5.72. The van der Waals surface area contributed by atoms with E-state index < -0.39 is 35.8 Å². The summed E-state index contributed by atoms with van der Waals surface area (Å²) in [5.74, 6) is -3.87. The van der Waals surface area contributed by atoms with Gasteiger partial charge in [0.15, 0.2) is 0 Å². The SMILES string of the molecule is CC(CN(C)C(=O)Cc1c(F)cccc1F)C(=O)O. The summed E-state index contributed by atoms with van der Waals surface area (Å²) >= 11 is 0. The summed E-state index contributed by atoms with van der Waals surface area (Å²) in [7, 11) is 1.40. The van der Waals surface area contributed by atoms with Crippen molar-refractivity contribution in [2.24, 2.45) is 5.92 Å². The van der Waals surface area contributed by atoms with Crippen LogP contribution in [-0.4, -0.2) is 35.5 Å². The second-order valence-corrected chi connectivity index (χ2v) is 4.39. The molecule has 0 saturated heterocycles. The largest absolute Gasteiger partial charge is 0.481 e. The van der Waals surface area contributed by atoms with Crippen LogP contribution in [0.15, 0.2) is 18.2 Å². The van der Waals surface area contributed by atoms with E-state index in [-0.39, 0.29) is 12.1 Å². The van der Waals surface area contributed by atoms with Gasteiger partial charge in [-0.15, -0.1) is 0 Å². The summed E-state index contributed by atoms with van der Waals surface area (Å²) < 4.78 is 26.7. The predicted octanol–water partition coefficient (Wildman–Crippen LogP) is 1.69. The van der Waals surface area contributed by atoms with Gasteiger partial charge in [0, 0.05) is 19.2 Å². The zero-order valence-electron chi connectivity index (χ0n) is 10.7. The lowest BCUT2D eigenvalue weighted by atomic mass is 10.1. The van der Waals surface area contributed by atoms with Crippen LogP contribution in [0.4, 0.5) is 8.78 Å². The van der Waals surface area contributed by atoms with Crippen LogP contribution in [0.1, 0.15) is 12.5 Å². The minimum absolute atomic E-state index is 0.00968. The maximum absolute atomic E-state index is 13.4. The summed E-state index contributed by atoms with van der Waals surface area (Å²) in [5, 5.41) is 8.73. The van der Waals surface area contributed by atoms with Gasteiger partial charge in [-0.05, 0) is 12.1 Å². The normalized spacial score (nSPS) is 12.0. The van der Waals surface area contributed by atoms with Gasteiger partial charge in [0.05, 0.1) is 12.3 Å². The van der Waals surface area contributed by atoms with E-state index in [0.717, 1.165) is 17.0 Å². The summed E-state index contributed by atoms with van der Waals surface area (Å²) in [5.41, 5.74) is -0.303. The van der Waals surface area contributed by atoms with Crippen LogP contribution in [-0.2, 0) is 16.0 Å². The van der Waals surface area contributed by atoms with E-state index in [4.69, 9.17) is 5.11 Å². The lowest BCUT2D eigenvalue weighted by Gasteiger charge is -2.19. The lowest BCUT2D eigenvalue weighted by Crippen LogP contribution is -2.35. The maximum atomic E-state index is 13.4. The molecule has 1 N–H and O–H groups in total. The molecule has 1 amide bonds. The molecule has 0 aliphatic rings. The van der Waals surface area contributed by atoms with E-state index in [1.807, 2.05) is 0 Å². The maximum Gasteiger partial charge on any atom is 0.308 e. The number of hydrogen-bond acceptors (Lipinski definition) is 2. The van der Waals surface area contributed by atoms with E-state index in [1.165, 1.54) is 20.0 Å². The molecule has 1 unspecified atom stereocenters. The highest BCUT2D eigenvalue weighted by molar-refractivity contribution is 5.79. The quantitative estimate of drug-likeness (QED) is 0.886. The third-order valence-electron chi connectivity index (χ3n) is 2.78. The third-order valence-corrected chi connectivity index (χ3v) is 2.78. The molecule has 0 radical (unpaired) electrons. The first-order chi connectivity index (χ1) is 8.82. The first-order valence-corrected chi connectivity index (χ1v) is 5.72. The molecular formula is C13H15F2NO3. The number of benzene rings is 1. The van der Waals surface area contributed by atoms with E-state index in [0.29, 0.717) is 0 Å². The Bertz CT molecular complexity index is 471. The minimum atomic E-state index is -1.03. The molecule has 104 valence electrons. The fourth-order valence-corrected chi connectivity index (χ4v) is 1.58. The number of carboxylic acid groups (broad SMARTS) is 1. The predicted molar refractivity (Wildman–Crippen MR) is 64.5 cm³/mol. The zero-order valence-corrected chi connectivity index (χ0v) is 10.7. The van der Waals surface area contributed by atoms with Crippen LogP contribution >= 0.6 is 0 Å². The number of carbonyl (C=O) groups excluding carboxylic acids is 1. The highest BCUT2D eigenvalue weighted by atomic mass is 19.1. The molecule has 0 aliphatic heterocycles. The lowest BCUT2D eigenvalue weighted by molar-refractivity contribution is -0.142. The monoisotopic (exact) mass is 271 g/mol. The van der Waals surface area contributed by atoms with Gasteiger partial charge >= 0.3 is 5.97 Å². The molecule has 1 aromatic carbocycles. The molecule has 6 heteroatoms. The zero-order chi connectivity index (χ0) is 14.6. The van der Waals surface area contributed by atoms with E-state index in [1.54, 1.807) is 0 Å². The molecule has 0 bridgehead atoms. The van der Waals surface area contributed by atoms with Gasteiger partial charge in [-0.2, -0.15) is 0 Å². The second kappa shape index (κ2) is 6.26. The van der Waals surface area contributed by atoms with Crippen molar-refractivity contribution in [3.63, 3.8) is 0 Å². The van der Waals surface area contributed by atoms with E-state index in [9.17, 15) is 18.4 Å². The summed E-state index contributed by atoms with van der Waals surface area (Å²) in [6.07, 6.45) is -0.429. The van der Waals surface area contributed by atoms with E-state index >= 15 is 0 Å². The van der Waals surface area contributed by atoms with Gasteiger partial charge in [-0.1, -0.05) is 13.0 Å². The van der Waals surface area contributed by atoms with Crippen LogP contribution < -0.4 is 0 Å². The molecule has 4 nitrogen and oxygen atoms in total. The summed E-state index contributed by atoms with van der Waals surface area (Å²) in [6.45, 7) is 1.44. The molecule has 0 saturated carbocycles. The van der Waals surface area contributed by atoms with Crippen LogP contribution in [0.5, 0.6) is 0 Å². The number of nitrogens with zero attached hydrogens (tertiary/aromatic N) is 1. The van der Waals surface area contributed by atoms with Crippen LogP contribution in [0, 0.1) is 17.6 Å². The Labute approximate surface area is 109 Å². The first kappa shape index (κ1) is 15.1. The van der Waals surface area contributed by atoms with Crippen molar-refractivity contribution in [2.75, 3.05) is 13.6 Å². The number of amides is 1. The number of halogens is 2. The summed E-state index contributed by atoms with van der Waals surface area (Å²) in [4.78, 5) is 23.6. The van der Waals surface area contributed by atoms with Crippen molar-refractivity contribution in [3.8, 4) is 0 Å². The highest BCUT2D eigenvalue weighted by Gasteiger charge is 2.20.